The maximum absolute atomic E-state index is 12.2. The van der Waals surface area contributed by atoms with E-state index in [1.54, 1.807) is 6.92 Å². The molecule has 1 aromatic rings. The first kappa shape index (κ1) is 13.8. The van der Waals surface area contributed by atoms with Crippen LogP contribution in [0.15, 0.2) is 24.3 Å². The highest BCUT2D eigenvalue weighted by atomic mass is 35.5. The molecule has 94 valence electrons. The lowest BCUT2D eigenvalue weighted by atomic mass is 10.2. The van der Waals surface area contributed by atoms with Gasteiger partial charge in [-0.1, -0.05) is 0 Å². The van der Waals surface area contributed by atoms with Crippen molar-refractivity contribution in [1.82, 2.24) is 0 Å². The second-order valence-electron chi connectivity index (χ2n) is 3.61. The van der Waals surface area contributed by atoms with E-state index in [1.807, 2.05) is 0 Å². The molecule has 2 nitrogen and oxygen atoms in total. The van der Waals surface area contributed by atoms with Gasteiger partial charge in [-0.15, -0.1) is 11.6 Å². The van der Waals surface area contributed by atoms with Gasteiger partial charge in [0.2, 0.25) is 5.91 Å². The Labute approximate surface area is 102 Å². The second kappa shape index (κ2) is 5.40. The number of carbonyl (C=O) groups is 1. The van der Waals surface area contributed by atoms with Crippen LogP contribution < -0.4 is 5.32 Å². The zero-order chi connectivity index (χ0) is 13.1. The van der Waals surface area contributed by atoms with Gasteiger partial charge in [0.05, 0.1) is 5.56 Å². The normalized spacial score (nSPS) is 13.2. The van der Waals surface area contributed by atoms with E-state index in [-0.39, 0.29) is 17.7 Å². The Morgan fingerprint density at radius 1 is 1.35 bits per heavy atom. The summed E-state index contributed by atoms with van der Waals surface area (Å²) in [6.07, 6.45) is -4.25. The standard InChI is InChI=1S/C11H11ClF3NO/c1-7(12)6-10(17)16-9-4-2-8(3-5-9)11(13,14)15/h2-5,7H,6H2,1H3,(H,16,17). The Kier molecular flexibility index (Phi) is 4.40. The molecule has 0 heterocycles. The number of hydrogen-bond donors (Lipinski definition) is 1. The Morgan fingerprint density at radius 3 is 2.29 bits per heavy atom. The predicted molar refractivity (Wildman–Crippen MR) is 60.0 cm³/mol. The number of amides is 1. The van der Waals surface area contributed by atoms with Gasteiger partial charge in [-0.05, 0) is 31.2 Å². The molecule has 0 radical (unpaired) electrons. The molecule has 1 aromatic carbocycles. The van der Waals surface area contributed by atoms with Crippen molar-refractivity contribution in [2.45, 2.75) is 24.9 Å². The van der Waals surface area contributed by atoms with E-state index >= 15 is 0 Å². The summed E-state index contributed by atoms with van der Waals surface area (Å²) in [5.74, 6) is -0.327. The van der Waals surface area contributed by atoms with E-state index < -0.39 is 11.7 Å². The van der Waals surface area contributed by atoms with Crippen molar-refractivity contribution in [3.63, 3.8) is 0 Å². The van der Waals surface area contributed by atoms with Gasteiger partial charge in [-0.2, -0.15) is 13.2 Å². The second-order valence-corrected chi connectivity index (χ2v) is 4.35. The smallest absolute Gasteiger partial charge is 0.326 e. The van der Waals surface area contributed by atoms with Crippen LogP contribution in [0.1, 0.15) is 18.9 Å². The van der Waals surface area contributed by atoms with Crippen LogP contribution in [0.5, 0.6) is 0 Å². The average molecular weight is 266 g/mol. The number of nitrogens with one attached hydrogen (secondary N) is 1. The number of anilines is 1. The topological polar surface area (TPSA) is 29.1 Å². The molecule has 6 heteroatoms. The SMILES string of the molecule is CC(Cl)CC(=O)Nc1ccc(C(F)(F)F)cc1. The lowest BCUT2D eigenvalue weighted by Crippen LogP contribution is -2.15. The van der Waals surface area contributed by atoms with Crippen molar-refractivity contribution in [3.05, 3.63) is 29.8 Å². The van der Waals surface area contributed by atoms with Crippen LogP contribution in [0, 0.1) is 0 Å². The van der Waals surface area contributed by atoms with Gasteiger partial charge in [-0.25, -0.2) is 0 Å². The fourth-order valence-corrected chi connectivity index (χ4v) is 1.35. The van der Waals surface area contributed by atoms with Crippen LogP contribution in [0.3, 0.4) is 0 Å². The molecule has 1 rings (SSSR count). The van der Waals surface area contributed by atoms with Gasteiger partial charge in [-0.3, -0.25) is 4.79 Å². The maximum Gasteiger partial charge on any atom is 0.416 e. The molecule has 1 unspecified atom stereocenters. The summed E-state index contributed by atoms with van der Waals surface area (Å²) in [5, 5.41) is 2.15. The van der Waals surface area contributed by atoms with Crippen molar-refractivity contribution >= 4 is 23.2 Å². The highest BCUT2D eigenvalue weighted by molar-refractivity contribution is 6.21. The average Bonchev–Trinajstić information content (AvgIpc) is 2.15. The molecule has 1 atom stereocenters. The molecular weight excluding hydrogens is 255 g/mol. The fraction of sp³-hybridized carbons (Fsp3) is 0.364. The minimum absolute atomic E-state index is 0.114. The van der Waals surface area contributed by atoms with Gasteiger partial charge >= 0.3 is 6.18 Å². The largest absolute Gasteiger partial charge is 0.416 e. The van der Waals surface area contributed by atoms with Gasteiger partial charge in [0.25, 0.3) is 0 Å². The van der Waals surface area contributed by atoms with Crippen LogP contribution >= 0.6 is 11.6 Å². The molecule has 0 saturated carbocycles. The van der Waals surface area contributed by atoms with E-state index in [2.05, 4.69) is 5.32 Å². The van der Waals surface area contributed by atoms with E-state index in [1.165, 1.54) is 12.1 Å². The molecule has 17 heavy (non-hydrogen) atoms. The monoisotopic (exact) mass is 265 g/mol. The van der Waals surface area contributed by atoms with Gasteiger partial charge in [0.15, 0.2) is 0 Å². The van der Waals surface area contributed by atoms with Crippen molar-refractivity contribution in [2.24, 2.45) is 0 Å². The first-order chi connectivity index (χ1) is 7.79. The minimum atomic E-state index is -4.37. The summed E-state index contributed by atoms with van der Waals surface area (Å²) in [6.45, 7) is 1.66. The Morgan fingerprint density at radius 2 is 1.88 bits per heavy atom. The molecule has 1 amide bonds. The summed E-state index contributed by atoms with van der Waals surface area (Å²) >= 11 is 5.61. The first-order valence-electron chi connectivity index (χ1n) is 4.90. The molecule has 0 aliphatic heterocycles. The van der Waals surface area contributed by atoms with Crippen LogP contribution in [0.4, 0.5) is 18.9 Å². The predicted octanol–water partition coefficient (Wildman–Crippen LogP) is 3.66. The molecule has 0 saturated heterocycles. The fourth-order valence-electron chi connectivity index (χ4n) is 1.21. The van der Waals surface area contributed by atoms with Gasteiger partial charge in [0.1, 0.15) is 0 Å². The third-order valence-electron chi connectivity index (χ3n) is 1.96. The Balaban J connectivity index is 2.66. The van der Waals surface area contributed by atoms with Crippen LogP contribution in [-0.2, 0) is 11.0 Å². The molecule has 0 spiro atoms. The van der Waals surface area contributed by atoms with Crippen molar-refractivity contribution < 1.29 is 18.0 Å². The number of carbonyl (C=O) groups excluding carboxylic acids is 1. The van der Waals surface area contributed by atoms with Gasteiger partial charge in [0, 0.05) is 17.5 Å². The lowest BCUT2D eigenvalue weighted by molar-refractivity contribution is -0.137. The molecule has 1 N–H and O–H groups in total. The van der Waals surface area contributed by atoms with E-state index in [9.17, 15) is 18.0 Å². The minimum Gasteiger partial charge on any atom is -0.326 e. The number of alkyl halides is 4. The van der Waals surface area contributed by atoms with Crippen molar-refractivity contribution in [2.75, 3.05) is 5.32 Å². The number of benzene rings is 1. The zero-order valence-corrected chi connectivity index (χ0v) is 9.77. The van der Waals surface area contributed by atoms with E-state index in [0.29, 0.717) is 5.69 Å². The molecule has 0 fully saturated rings. The Hall–Kier alpha value is -1.23. The molecule has 0 aromatic heterocycles. The summed E-state index contributed by atoms with van der Waals surface area (Å²) in [6, 6.07) is 4.25. The third-order valence-corrected chi connectivity index (χ3v) is 2.12. The summed E-state index contributed by atoms with van der Waals surface area (Å²) in [4.78, 5) is 11.3. The van der Waals surface area contributed by atoms with Crippen molar-refractivity contribution in [1.29, 1.82) is 0 Å². The molecule has 0 aliphatic rings. The number of rotatable bonds is 3. The maximum atomic E-state index is 12.2. The summed E-state index contributed by atoms with van der Waals surface area (Å²) in [7, 11) is 0. The van der Waals surface area contributed by atoms with E-state index in [0.717, 1.165) is 12.1 Å². The number of halogens is 4. The highest BCUT2D eigenvalue weighted by Gasteiger charge is 2.29. The lowest BCUT2D eigenvalue weighted by Gasteiger charge is -2.09. The van der Waals surface area contributed by atoms with Crippen LogP contribution in [0.25, 0.3) is 0 Å². The quantitative estimate of drug-likeness (QED) is 0.830. The molecule has 0 aliphatic carbocycles. The summed E-state index contributed by atoms with van der Waals surface area (Å²) in [5.41, 5.74) is -0.429. The first-order valence-corrected chi connectivity index (χ1v) is 5.34. The van der Waals surface area contributed by atoms with Gasteiger partial charge < -0.3 is 5.32 Å². The van der Waals surface area contributed by atoms with Crippen LogP contribution in [-0.4, -0.2) is 11.3 Å². The van der Waals surface area contributed by atoms with E-state index in [4.69, 9.17) is 11.6 Å². The zero-order valence-electron chi connectivity index (χ0n) is 9.01. The highest BCUT2D eigenvalue weighted by Crippen LogP contribution is 2.29. The van der Waals surface area contributed by atoms with Crippen LogP contribution in [0.2, 0.25) is 0 Å². The number of hydrogen-bond acceptors (Lipinski definition) is 1. The van der Waals surface area contributed by atoms with Crippen molar-refractivity contribution in [3.8, 4) is 0 Å². The molecular formula is C11H11ClF3NO. The Bertz CT molecular complexity index is 387. The summed E-state index contributed by atoms with van der Waals surface area (Å²) < 4.78 is 36.7. The molecule has 0 bridgehead atoms. The third kappa shape index (κ3) is 4.65.